The minimum Gasteiger partial charge on any atom is -0.447 e. The van der Waals surface area contributed by atoms with Crippen molar-refractivity contribution in [2.45, 2.75) is 18.6 Å². The number of likely N-dealkylation sites (N-methyl/N-ethyl adjacent to an activating group) is 1. The molecule has 2 atom stereocenters. The van der Waals surface area contributed by atoms with Crippen molar-refractivity contribution in [1.82, 2.24) is 9.88 Å². The van der Waals surface area contributed by atoms with Gasteiger partial charge in [0.2, 0.25) is 5.89 Å². The van der Waals surface area contributed by atoms with E-state index in [9.17, 15) is 5.11 Å². The largest absolute Gasteiger partial charge is 0.447 e. The molecule has 0 radical (unpaired) electrons. The molecular weight excluding hydrogens is 156 g/mol. The van der Waals surface area contributed by atoms with Crippen LogP contribution in [0.5, 0.6) is 0 Å². The highest BCUT2D eigenvalue weighted by Gasteiger charge is 2.31. The molecular formula is C8H12N2O2. The van der Waals surface area contributed by atoms with Crippen LogP contribution in [0, 0.1) is 0 Å². The summed E-state index contributed by atoms with van der Waals surface area (Å²) in [7, 11) is 1.96. The maximum absolute atomic E-state index is 9.36. The molecule has 0 amide bonds. The van der Waals surface area contributed by atoms with E-state index in [4.69, 9.17) is 4.42 Å². The summed E-state index contributed by atoms with van der Waals surface area (Å²) in [4.78, 5) is 6.12. The SMILES string of the molecule is CN1C[C@H](O)C[C@H]1c1ncco1. The van der Waals surface area contributed by atoms with Gasteiger partial charge in [-0.05, 0) is 13.5 Å². The van der Waals surface area contributed by atoms with E-state index in [1.807, 2.05) is 7.05 Å². The first-order valence-corrected chi connectivity index (χ1v) is 4.05. The van der Waals surface area contributed by atoms with Gasteiger partial charge in [0.25, 0.3) is 0 Å². The highest BCUT2D eigenvalue weighted by Crippen LogP contribution is 2.28. The Hall–Kier alpha value is -0.870. The smallest absolute Gasteiger partial charge is 0.211 e. The van der Waals surface area contributed by atoms with E-state index in [0.717, 1.165) is 6.42 Å². The number of aromatic nitrogens is 1. The maximum Gasteiger partial charge on any atom is 0.211 e. The average Bonchev–Trinajstić information content (AvgIpc) is 2.58. The highest BCUT2D eigenvalue weighted by molar-refractivity contribution is 4.96. The van der Waals surface area contributed by atoms with Gasteiger partial charge < -0.3 is 9.52 Å². The number of hydrogen-bond acceptors (Lipinski definition) is 4. The van der Waals surface area contributed by atoms with Crippen molar-refractivity contribution >= 4 is 0 Å². The predicted molar refractivity (Wildman–Crippen MR) is 42.5 cm³/mol. The molecule has 0 unspecified atom stereocenters. The Morgan fingerprint density at radius 3 is 3.08 bits per heavy atom. The molecule has 4 nitrogen and oxygen atoms in total. The van der Waals surface area contributed by atoms with Crippen LogP contribution in [0.3, 0.4) is 0 Å². The van der Waals surface area contributed by atoms with Gasteiger partial charge in [-0.3, -0.25) is 4.90 Å². The second-order valence-electron chi connectivity index (χ2n) is 3.22. The summed E-state index contributed by atoms with van der Waals surface area (Å²) in [5.74, 6) is 0.703. The molecule has 4 heteroatoms. The van der Waals surface area contributed by atoms with Crippen molar-refractivity contribution in [3.05, 3.63) is 18.4 Å². The molecule has 66 valence electrons. The number of aliphatic hydroxyl groups excluding tert-OH is 1. The first kappa shape index (κ1) is 7.76. The first-order valence-electron chi connectivity index (χ1n) is 4.05. The lowest BCUT2D eigenvalue weighted by molar-refractivity contribution is 0.182. The lowest BCUT2D eigenvalue weighted by Crippen LogP contribution is -2.19. The summed E-state index contributed by atoms with van der Waals surface area (Å²) in [6.45, 7) is 0.701. The fraction of sp³-hybridized carbons (Fsp3) is 0.625. The fourth-order valence-electron chi connectivity index (χ4n) is 1.66. The molecule has 1 N–H and O–H groups in total. The number of aliphatic hydroxyl groups is 1. The lowest BCUT2D eigenvalue weighted by Gasteiger charge is -2.14. The zero-order valence-corrected chi connectivity index (χ0v) is 6.97. The van der Waals surface area contributed by atoms with Gasteiger partial charge in [-0.15, -0.1) is 0 Å². The summed E-state index contributed by atoms with van der Waals surface area (Å²) in [6.07, 6.45) is 3.67. The van der Waals surface area contributed by atoms with Gasteiger partial charge in [-0.25, -0.2) is 4.98 Å². The zero-order chi connectivity index (χ0) is 8.55. The van der Waals surface area contributed by atoms with Crippen LogP contribution in [-0.4, -0.2) is 34.7 Å². The van der Waals surface area contributed by atoms with Crippen LogP contribution in [0.1, 0.15) is 18.4 Å². The van der Waals surface area contributed by atoms with Crippen LogP contribution in [-0.2, 0) is 0 Å². The third-order valence-electron chi connectivity index (χ3n) is 2.26. The predicted octanol–water partition coefficient (Wildman–Crippen LogP) is 0.412. The van der Waals surface area contributed by atoms with Crippen LogP contribution in [0.15, 0.2) is 16.9 Å². The van der Waals surface area contributed by atoms with Crippen LogP contribution >= 0.6 is 0 Å². The van der Waals surface area contributed by atoms with E-state index >= 15 is 0 Å². The number of hydrogen-bond donors (Lipinski definition) is 1. The summed E-state index contributed by atoms with van der Waals surface area (Å²) >= 11 is 0. The maximum atomic E-state index is 9.36. The van der Waals surface area contributed by atoms with Crippen molar-refractivity contribution in [3.8, 4) is 0 Å². The number of β-amino-alcohol motifs (C(OH)–C–C–N with tert-alkyl or cyclic N) is 1. The highest BCUT2D eigenvalue weighted by atomic mass is 16.3. The Balaban J connectivity index is 2.15. The second kappa shape index (κ2) is 2.88. The average molecular weight is 168 g/mol. The first-order chi connectivity index (χ1) is 5.77. The molecule has 0 aliphatic carbocycles. The minimum atomic E-state index is -0.244. The van der Waals surface area contributed by atoms with Gasteiger partial charge in [0.05, 0.1) is 18.3 Å². The van der Waals surface area contributed by atoms with E-state index in [0.29, 0.717) is 12.4 Å². The number of nitrogens with zero attached hydrogens (tertiary/aromatic N) is 2. The van der Waals surface area contributed by atoms with E-state index in [-0.39, 0.29) is 12.1 Å². The van der Waals surface area contributed by atoms with Gasteiger partial charge in [0.1, 0.15) is 6.26 Å². The Labute approximate surface area is 70.8 Å². The molecule has 1 aromatic rings. The number of oxazole rings is 1. The van der Waals surface area contributed by atoms with E-state index in [2.05, 4.69) is 9.88 Å². The van der Waals surface area contributed by atoms with E-state index in [1.54, 1.807) is 12.5 Å². The van der Waals surface area contributed by atoms with Gasteiger partial charge in [-0.1, -0.05) is 0 Å². The second-order valence-corrected chi connectivity index (χ2v) is 3.22. The molecule has 2 heterocycles. The molecule has 1 saturated heterocycles. The van der Waals surface area contributed by atoms with Gasteiger partial charge in [-0.2, -0.15) is 0 Å². The molecule has 1 aliphatic heterocycles. The monoisotopic (exact) mass is 168 g/mol. The van der Waals surface area contributed by atoms with Crippen molar-refractivity contribution in [1.29, 1.82) is 0 Å². The molecule has 0 spiro atoms. The molecule has 1 aromatic heterocycles. The van der Waals surface area contributed by atoms with Crippen molar-refractivity contribution < 1.29 is 9.52 Å². The zero-order valence-electron chi connectivity index (χ0n) is 6.97. The van der Waals surface area contributed by atoms with E-state index in [1.165, 1.54) is 0 Å². The molecule has 0 aromatic carbocycles. The molecule has 12 heavy (non-hydrogen) atoms. The Morgan fingerprint density at radius 2 is 2.58 bits per heavy atom. The topological polar surface area (TPSA) is 49.5 Å². The normalized spacial score (nSPS) is 31.2. The summed E-state index contributed by atoms with van der Waals surface area (Å²) < 4.78 is 5.17. The van der Waals surface area contributed by atoms with Gasteiger partial charge in [0.15, 0.2) is 0 Å². The van der Waals surface area contributed by atoms with Crippen molar-refractivity contribution in [2.75, 3.05) is 13.6 Å². The Kier molecular flexibility index (Phi) is 1.86. The Morgan fingerprint density at radius 1 is 1.75 bits per heavy atom. The van der Waals surface area contributed by atoms with Crippen molar-refractivity contribution in [3.63, 3.8) is 0 Å². The number of rotatable bonds is 1. The molecule has 0 saturated carbocycles. The Bertz CT molecular complexity index is 248. The summed E-state index contributed by atoms with van der Waals surface area (Å²) in [6, 6.07) is 0.148. The van der Waals surface area contributed by atoms with Crippen LogP contribution < -0.4 is 0 Å². The van der Waals surface area contributed by atoms with Gasteiger partial charge >= 0.3 is 0 Å². The quantitative estimate of drug-likeness (QED) is 0.660. The van der Waals surface area contributed by atoms with Crippen molar-refractivity contribution in [2.24, 2.45) is 0 Å². The van der Waals surface area contributed by atoms with Crippen LogP contribution in [0.25, 0.3) is 0 Å². The number of likely N-dealkylation sites (tertiary alicyclic amines) is 1. The fourth-order valence-corrected chi connectivity index (χ4v) is 1.66. The van der Waals surface area contributed by atoms with Crippen LogP contribution in [0.4, 0.5) is 0 Å². The molecule has 1 fully saturated rings. The summed E-state index contributed by atoms with van der Waals surface area (Å²) in [5, 5.41) is 9.36. The molecule has 0 bridgehead atoms. The standard InChI is InChI=1S/C8H12N2O2/c1-10-5-6(11)4-7(10)8-9-2-3-12-8/h2-3,6-7,11H,4-5H2,1H3/t6-,7+/m1/s1. The molecule has 1 aliphatic rings. The third-order valence-corrected chi connectivity index (χ3v) is 2.26. The van der Waals surface area contributed by atoms with Crippen LogP contribution in [0.2, 0.25) is 0 Å². The lowest BCUT2D eigenvalue weighted by atomic mass is 10.2. The van der Waals surface area contributed by atoms with Gasteiger partial charge in [0, 0.05) is 6.54 Å². The summed E-state index contributed by atoms with van der Waals surface area (Å²) in [5.41, 5.74) is 0. The minimum absolute atomic E-state index is 0.148. The van der Waals surface area contributed by atoms with E-state index < -0.39 is 0 Å². The molecule has 2 rings (SSSR count). The third kappa shape index (κ3) is 1.23.